The Morgan fingerprint density at radius 2 is 2.25 bits per heavy atom. The molecular weight excluding hydrogens is 204 g/mol. The summed E-state index contributed by atoms with van der Waals surface area (Å²) in [5.41, 5.74) is 6.91. The molecule has 4 heteroatoms. The van der Waals surface area contributed by atoms with E-state index in [9.17, 15) is 0 Å². The second-order valence-electron chi connectivity index (χ2n) is 3.82. The monoisotopic (exact) mass is 221 g/mol. The topological polar surface area (TPSA) is 56.5 Å². The van der Waals surface area contributed by atoms with Crippen LogP contribution < -0.4 is 15.8 Å². The zero-order valence-electron chi connectivity index (χ0n) is 9.35. The van der Waals surface area contributed by atoms with Crippen LogP contribution in [0.15, 0.2) is 24.3 Å². The van der Waals surface area contributed by atoms with Crippen molar-refractivity contribution in [2.75, 3.05) is 19.0 Å². The fourth-order valence-corrected chi connectivity index (χ4v) is 1.79. The molecule has 0 spiro atoms. The molecule has 0 amide bonds. The van der Waals surface area contributed by atoms with Crippen molar-refractivity contribution in [1.82, 2.24) is 0 Å². The molecule has 0 aromatic heterocycles. The Bertz CT molecular complexity index is 344. The van der Waals surface area contributed by atoms with Crippen molar-refractivity contribution in [2.45, 2.75) is 18.5 Å². The van der Waals surface area contributed by atoms with Gasteiger partial charge in [0.05, 0.1) is 18.8 Å². The van der Waals surface area contributed by atoms with Crippen molar-refractivity contribution < 1.29 is 9.47 Å². The quantitative estimate of drug-likeness (QED) is 0.809. The van der Waals surface area contributed by atoms with Crippen molar-refractivity contribution in [3.05, 3.63) is 30.9 Å². The van der Waals surface area contributed by atoms with Gasteiger partial charge in [0.25, 0.3) is 0 Å². The van der Waals surface area contributed by atoms with Gasteiger partial charge in [-0.05, 0) is 18.6 Å². The van der Waals surface area contributed by atoms with Gasteiger partial charge in [0.1, 0.15) is 12.4 Å². The number of benzene rings is 1. The Balaban J connectivity index is 2.07. The van der Waals surface area contributed by atoms with E-state index in [4.69, 9.17) is 15.2 Å². The van der Waals surface area contributed by atoms with Gasteiger partial charge in [-0.2, -0.15) is 0 Å². The highest BCUT2D eigenvalue weighted by Crippen LogP contribution is 2.25. The molecule has 1 aromatic carbocycles. The summed E-state index contributed by atoms with van der Waals surface area (Å²) in [5.74, 6) is 0.834. The van der Waals surface area contributed by atoms with Crippen LogP contribution in [0.3, 0.4) is 0 Å². The van der Waals surface area contributed by atoms with Gasteiger partial charge in [-0.15, -0.1) is 0 Å². The minimum Gasteiger partial charge on any atom is -0.495 e. The molecule has 1 saturated heterocycles. The molecule has 0 aliphatic carbocycles. The lowest BCUT2D eigenvalue weighted by molar-refractivity contribution is 0.134. The highest BCUT2D eigenvalue weighted by Gasteiger charge is 2.23. The molecule has 1 heterocycles. The van der Waals surface area contributed by atoms with E-state index < -0.39 is 0 Å². The molecule has 87 valence electrons. The predicted octanol–water partition coefficient (Wildman–Crippen LogP) is 1.39. The van der Waals surface area contributed by atoms with E-state index in [1.165, 1.54) is 0 Å². The summed E-state index contributed by atoms with van der Waals surface area (Å²) in [6, 6.07) is 7.95. The van der Waals surface area contributed by atoms with E-state index >= 15 is 0 Å². The third-order valence-electron chi connectivity index (χ3n) is 2.71. The number of nitrogens with one attached hydrogen (secondary N) is 1. The second-order valence-corrected chi connectivity index (χ2v) is 3.82. The number of nitrogens with two attached hydrogens (primary N) is 1. The highest BCUT2D eigenvalue weighted by atomic mass is 16.5. The lowest BCUT2D eigenvalue weighted by atomic mass is 10.0. The van der Waals surface area contributed by atoms with Crippen LogP contribution in [0.4, 0.5) is 5.69 Å². The summed E-state index contributed by atoms with van der Waals surface area (Å²) in [5, 5.41) is 3.39. The number of hydrogen-bond donors (Lipinski definition) is 2. The Morgan fingerprint density at radius 3 is 3.00 bits per heavy atom. The van der Waals surface area contributed by atoms with E-state index in [0.29, 0.717) is 6.61 Å². The van der Waals surface area contributed by atoms with Gasteiger partial charge in [-0.25, -0.2) is 0 Å². The molecule has 16 heavy (non-hydrogen) atoms. The Kier molecular flexibility index (Phi) is 3.64. The molecule has 1 fully saturated rings. The van der Waals surface area contributed by atoms with E-state index in [2.05, 4.69) is 5.32 Å². The smallest absolute Gasteiger partial charge is 0.141 e. The molecule has 1 aliphatic rings. The number of methoxy groups -OCH3 is 1. The maximum Gasteiger partial charge on any atom is 0.141 e. The van der Waals surface area contributed by atoms with Gasteiger partial charge >= 0.3 is 0 Å². The van der Waals surface area contributed by atoms with Crippen LogP contribution in [0.2, 0.25) is 0 Å². The lowest BCUT2D eigenvalue weighted by Gasteiger charge is -2.30. The normalized spacial score (nSPS) is 25.1. The van der Waals surface area contributed by atoms with Gasteiger partial charge in [0.2, 0.25) is 0 Å². The number of anilines is 1. The van der Waals surface area contributed by atoms with E-state index in [-0.39, 0.29) is 12.1 Å². The van der Waals surface area contributed by atoms with Crippen molar-refractivity contribution in [3.63, 3.8) is 0 Å². The Morgan fingerprint density at radius 1 is 1.44 bits per heavy atom. The summed E-state index contributed by atoms with van der Waals surface area (Å²) < 4.78 is 10.5. The van der Waals surface area contributed by atoms with Gasteiger partial charge < -0.3 is 20.5 Å². The SMILES string of the molecule is COc1ccccc1NC1CCO[CH]C1N. The van der Waals surface area contributed by atoms with Crippen LogP contribution in [0, 0.1) is 6.61 Å². The van der Waals surface area contributed by atoms with Crippen LogP contribution in [0.25, 0.3) is 0 Å². The number of ether oxygens (including phenoxy) is 2. The highest BCUT2D eigenvalue weighted by molar-refractivity contribution is 5.57. The number of rotatable bonds is 3. The maximum atomic E-state index is 5.93. The standard InChI is InChI=1S/C12H17N2O2/c1-15-12-5-3-2-4-11(12)14-10-6-7-16-8-9(10)13/h2-5,8-10,14H,6-7,13H2,1H3. The average molecular weight is 221 g/mol. The van der Waals surface area contributed by atoms with Crippen molar-refractivity contribution in [2.24, 2.45) is 5.73 Å². The van der Waals surface area contributed by atoms with Crippen molar-refractivity contribution in [1.29, 1.82) is 0 Å². The Labute approximate surface area is 95.7 Å². The summed E-state index contributed by atoms with van der Waals surface area (Å²) >= 11 is 0. The first-order valence-corrected chi connectivity index (χ1v) is 5.41. The molecule has 1 aliphatic heterocycles. The molecule has 2 unspecified atom stereocenters. The lowest BCUT2D eigenvalue weighted by Crippen LogP contribution is -2.45. The van der Waals surface area contributed by atoms with Gasteiger partial charge in [-0.1, -0.05) is 12.1 Å². The molecule has 2 rings (SSSR count). The van der Waals surface area contributed by atoms with Crippen molar-refractivity contribution >= 4 is 5.69 Å². The minimum atomic E-state index is -0.0846. The molecule has 0 bridgehead atoms. The van der Waals surface area contributed by atoms with Gasteiger partial charge in [0, 0.05) is 12.6 Å². The van der Waals surface area contributed by atoms with Crippen LogP contribution in [0.5, 0.6) is 5.75 Å². The largest absolute Gasteiger partial charge is 0.495 e. The van der Waals surface area contributed by atoms with Crippen LogP contribution >= 0.6 is 0 Å². The summed E-state index contributed by atoms with van der Waals surface area (Å²) in [6.45, 7) is 2.40. The molecule has 2 atom stereocenters. The zero-order chi connectivity index (χ0) is 11.4. The average Bonchev–Trinajstić information content (AvgIpc) is 2.33. The van der Waals surface area contributed by atoms with Crippen molar-refractivity contribution in [3.8, 4) is 5.75 Å². The molecule has 0 saturated carbocycles. The van der Waals surface area contributed by atoms with Crippen LogP contribution in [-0.2, 0) is 4.74 Å². The first-order valence-electron chi connectivity index (χ1n) is 5.41. The van der Waals surface area contributed by atoms with E-state index in [1.807, 2.05) is 24.3 Å². The molecular formula is C12H17N2O2. The zero-order valence-corrected chi connectivity index (χ0v) is 9.35. The van der Waals surface area contributed by atoms with Crippen LogP contribution in [-0.4, -0.2) is 25.8 Å². The molecule has 3 N–H and O–H groups in total. The number of para-hydroxylation sites is 2. The fourth-order valence-electron chi connectivity index (χ4n) is 1.79. The summed E-state index contributed by atoms with van der Waals surface area (Å²) in [4.78, 5) is 0. The predicted molar refractivity (Wildman–Crippen MR) is 63.2 cm³/mol. The number of hydrogen-bond acceptors (Lipinski definition) is 4. The minimum absolute atomic E-state index is 0.0846. The molecule has 4 nitrogen and oxygen atoms in total. The first kappa shape index (κ1) is 11.2. The third kappa shape index (κ3) is 2.46. The fraction of sp³-hybridized carbons (Fsp3) is 0.417. The first-order chi connectivity index (χ1) is 7.81. The van der Waals surface area contributed by atoms with E-state index in [0.717, 1.165) is 17.9 Å². The third-order valence-corrected chi connectivity index (χ3v) is 2.71. The van der Waals surface area contributed by atoms with Gasteiger partial charge in [0.15, 0.2) is 0 Å². The maximum absolute atomic E-state index is 5.93. The van der Waals surface area contributed by atoms with Crippen LogP contribution in [0.1, 0.15) is 6.42 Å². The molecule has 1 radical (unpaired) electrons. The van der Waals surface area contributed by atoms with Gasteiger partial charge in [-0.3, -0.25) is 0 Å². The van der Waals surface area contributed by atoms with E-state index in [1.54, 1.807) is 13.7 Å². The summed E-state index contributed by atoms with van der Waals surface area (Å²) in [6.07, 6.45) is 0.899. The molecule has 1 aromatic rings. The Hall–Kier alpha value is -1.26. The second kappa shape index (κ2) is 5.18. The summed E-state index contributed by atoms with van der Waals surface area (Å²) in [7, 11) is 1.66.